The first kappa shape index (κ1) is 13.5. The van der Waals surface area contributed by atoms with Gasteiger partial charge in [-0.3, -0.25) is 9.98 Å². The van der Waals surface area contributed by atoms with Crippen LogP contribution >= 0.6 is 0 Å². The van der Waals surface area contributed by atoms with Crippen LogP contribution in [0.4, 0.5) is 0 Å². The molecule has 112 valence electrons. The van der Waals surface area contributed by atoms with Crippen molar-refractivity contribution in [2.75, 3.05) is 6.54 Å². The lowest BCUT2D eigenvalue weighted by Crippen LogP contribution is -2.06. The number of aromatic nitrogens is 5. The Balaban J connectivity index is 1.68. The zero-order valence-electron chi connectivity index (χ0n) is 12.4. The van der Waals surface area contributed by atoms with Gasteiger partial charge in [-0.15, -0.1) is 15.0 Å². The number of nitrogens with zero attached hydrogens (tertiary/aromatic N) is 6. The van der Waals surface area contributed by atoms with E-state index in [0.29, 0.717) is 5.82 Å². The Morgan fingerprint density at radius 2 is 1.91 bits per heavy atom. The highest BCUT2D eigenvalue weighted by atomic mass is 15.6. The minimum absolute atomic E-state index is 0.551. The minimum atomic E-state index is 0.551. The lowest BCUT2D eigenvalue weighted by Gasteiger charge is -2.04. The second-order valence-electron chi connectivity index (χ2n) is 5.15. The van der Waals surface area contributed by atoms with Crippen LogP contribution in [0.2, 0.25) is 0 Å². The van der Waals surface area contributed by atoms with Crippen molar-refractivity contribution in [2.24, 2.45) is 4.99 Å². The Labute approximate surface area is 133 Å². The molecule has 23 heavy (non-hydrogen) atoms. The first-order valence-electron chi connectivity index (χ1n) is 7.42. The summed E-state index contributed by atoms with van der Waals surface area (Å²) >= 11 is 0. The van der Waals surface area contributed by atoms with Crippen LogP contribution < -0.4 is 0 Å². The van der Waals surface area contributed by atoms with E-state index in [4.69, 9.17) is 0 Å². The first-order valence-corrected chi connectivity index (χ1v) is 7.42. The summed E-state index contributed by atoms with van der Waals surface area (Å²) in [5.74, 6) is 0.551. The monoisotopic (exact) mass is 302 g/mol. The lowest BCUT2D eigenvalue weighted by atomic mass is 10.1. The van der Waals surface area contributed by atoms with Crippen molar-refractivity contribution in [1.82, 2.24) is 25.2 Å². The molecule has 0 spiro atoms. The molecule has 0 atom stereocenters. The molecule has 2 aromatic heterocycles. The number of hydrogen-bond donors (Lipinski definition) is 0. The van der Waals surface area contributed by atoms with Gasteiger partial charge in [0.1, 0.15) is 5.71 Å². The number of pyridine rings is 1. The van der Waals surface area contributed by atoms with E-state index in [0.717, 1.165) is 35.5 Å². The Morgan fingerprint density at radius 3 is 2.74 bits per heavy atom. The fraction of sp³-hybridized carbons (Fsp3) is 0.118. The number of aliphatic imine (C=N–C) groups is 1. The summed E-state index contributed by atoms with van der Waals surface area (Å²) in [6.45, 7) is 0.776. The molecular weight excluding hydrogens is 288 g/mol. The van der Waals surface area contributed by atoms with Crippen LogP contribution in [0, 0.1) is 0 Å². The molecule has 1 aliphatic heterocycles. The summed E-state index contributed by atoms with van der Waals surface area (Å²) in [6, 6.07) is 12.0. The third kappa shape index (κ3) is 2.78. The van der Waals surface area contributed by atoms with E-state index in [1.54, 1.807) is 12.4 Å². The van der Waals surface area contributed by atoms with E-state index in [1.807, 2.05) is 42.5 Å². The van der Waals surface area contributed by atoms with E-state index < -0.39 is 0 Å². The van der Waals surface area contributed by atoms with E-state index in [9.17, 15) is 0 Å². The van der Waals surface area contributed by atoms with Crippen LogP contribution in [0.1, 0.15) is 12.2 Å². The average molecular weight is 302 g/mol. The minimum Gasteiger partial charge on any atom is -0.281 e. The molecule has 0 aliphatic carbocycles. The summed E-state index contributed by atoms with van der Waals surface area (Å²) in [4.78, 5) is 10.00. The number of hydrogen-bond acceptors (Lipinski definition) is 5. The summed E-state index contributed by atoms with van der Waals surface area (Å²) in [7, 11) is 0. The number of benzene rings is 1. The Morgan fingerprint density at radius 1 is 1.00 bits per heavy atom. The zero-order valence-corrected chi connectivity index (χ0v) is 12.4. The van der Waals surface area contributed by atoms with E-state index in [2.05, 4.69) is 31.5 Å². The number of rotatable bonds is 3. The van der Waals surface area contributed by atoms with Crippen LogP contribution in [-0.2, 0) is 0 Å². The molecule has 0 saturated carbocycles. The zero-order chi connectivity index (χ0) is 15.5. The molecule has 1 aliphatic rings. The van der Waals surface area contributed by atoms with Crippen molar-refractivity contribution in [1.29, 1.82) is 0 Å². The quantitative estimate of drug-likeness (QED) is 0.745. The molecule has 6 nitrogen and oxygen atoms in total. The maximum atomic E-state index is 4.44. The van der Waals surface area contributed by atoms with Gasteiger partial charge in [0.2, 0.25) is 5.82 Å². The summed E-state index contributed by atoms with van der Waals surface area (Å²) in [5.41, 5.74) is 3.83. The van der Waals surface area contributed by atoms with E-state index >= 15 is 0 Å². The largest absolute Gasteiger partial charge is 0.281 e. The highest BCUT2D eigenvalue weighted by Gasteiger charge is 2.11. The van der Waals surface area contributed by atoms with Gasteiger partial charge in [-0.05, 0) is 53.1 Å². The summed E-state index contributed by atoms with van der Waals surface area (Å²) in [6.07, 6.45) is 8.54. The van der Waals surface area contributed by atoms with Gasteiger partial charge in [0.25, 0.3) is 0 Å². The van der Waals surface area contributed by atoms with Crippen LogP contribution in [-0.4, -0.2) is 37.4 Å². The van der Waals surface area contributed by atoms with Crippen molar-refractivity contribution in [3.63, 3.8) is 0 Å². The van der Waals surface area contributed by atoms with Crippen LogP contribution in [0.25, 0.3) is 16.8 Å². The number of tetrazole rings is 1. The van der Waals surface area contributed by atoms with Crippen LogP contribution in [0.5, 0.6) is 0 Å². The maximum Gasteiger partial charge on any atom is 0.223 e. The SMILES string of the molecule is C1=CC(c2nnn(-c3cccc(-c4ccncc4)c3)n2)=NCC1. The predicted octanol–water partition coefficient (Wildman–Crippen LogP) is 2.47. The van der Waals surface area contributed by atoms with Gasteiger partial charge >= 0.3 is 0 Å². The molecule has 4 rings (SSSR count). The fourth-order valence-electron chi connectivity index (χ4n) is 2.43. The van der Waals surface area contributed by atoms with Gasteiger partial charge in [0.05, 0.1) is 5.69 Å². The van der Waals surface area contributed by atoms with Gasteiger partial charge in [-0.2, -0.15) is 0 Å². The predicted molar refractivity (Wildman–Crippen MR) is 87.5 cm³/mol. The van der Waals surface area contributed by atoms with Gasteiger partial charge in [0, 0.05) is 18.9 Å². The topological polar surface area (TPSA) is 68.8 Å². The van der Waals surface area contributed by atoms with Crippen LogP contribution in [0.15, 0.2) is 65.9 Å². The molecule has 0 fully saturated rings. The van der Waals surface area contributed by atoms with Crippen molar-refractivity contribution in [3.05, 3.63) is 66.8 Å². The number of allylic oxidation sites excluding steroid dienone is 1. The standard InChI is InChI=1S/C17H14N6/c1-2-9-19-16(6-1)17-20-22-23(21-17)15-5-3-4-14(12-15)13-7-10-18-11-8-13/h1,3-8,10-12H,2,9H2. The number of dihydropyridines is 1. The Kier molecular flexibility index (Phi) is 3.48. The van der Waals surface area contributed by atoms with Gasteiger partial charge < -0.3 is 0 Å². The second kappa shape index (κ2) is 5.92. The van der Waals surface area contributed by atoms with Gasteiger partial charge in [0.15, 0.2) is 0 Å². The maximum absolute atomic E-state index is 4.44. The van der Waals surface area contributed by atoms with Crippen molar-refractivity contribution in [3.8, 4) is 16.8 Å². The van der Waals surface area contributed by atoms with Gasteiger partial charge in [-0.1, -0.05) is 18.2 Å². The lowest BCUT2D eigenvalue weighted by molar-refractivity contribution is 0.720. The fourth-order valence-corrected chi connectivity index (χ4v) is 2.43. The molecular formula is C17H14N6. The molecule has 0 N–H and O–H groups in total. The highest BCUT2D eigenvalue weighted by Crippen LogP contribution is 2.20. The molecule has 0 bridgehead atoms. The van der Waals surface area contributed by atoms with E-state index in [-0.39, 0.29) is 0 Å². The Hall–Kier alpha value is -3.15. The molecule has 3 aromatic rings. The second-order valence-corrected chi connectivity index (χ2v) is 5.15. The molecule has 6 heteroatoms. The third-order valence-electron chi connectivity index (χ3n) is 3.59. The van der Waals surface area contributed by atoms with Crippen LogP contribution in [0.3, 0.4) is 0 Å². The molecule has 3 heterocycles. The Bertz CT molecular complexity index is 879. The smallest absolute Gasteiger partial charge is 0.223 e. The molecule has 0 radical (unpaired) electrons. The summed E-state index contributed by atoms with van der Waals surface area (Å²) in [5, 5.41) is 12.7. The third-order valence-corrected chi connectivity index (χ3v) is 3.59. The van der Waals surface area contributed by atoms with E-state index in [1.165, 1.54) is 4.80 Å². The van der Waals surface area contributed by atoms with Crippen molar-refractivity contribution in [2.45, 2.75) is 6.42 Å². The van der Waals surface area contributed by atoms with Crippen molar-refractivity contribution >= 4 is 5.71 Å². The molecule has 0 amide bonds. The van der Waals surface area contributed by atoms with Gasteiger partial charge in [-0.25, -0.2) is 0 Å². The molecule has 0 saturated heterocycles. The average Bonchev–Trinajstić information content (AvgIpc) is 3.14. The van der Waals surface area contributed by atoms with Crippen molar-refractivity contribution < 1.29 is 0 Å². The molecule has 0 unspecified atom stereocenters. The first-order chi connectivity index (χ1) is 11.4. The summed E-state index contributed by atoms with van der Waals surface area (Å²) < 4.78 is 0. The normalized spacial score (nSPS) is 13.8. The molecule has 1 aromatic carbocycles. The highest BCUT2D eigenvalue weighted by molar-refractivity contribution is 6.06.